The lowest BCUT2D eigenvalue weighted by molar-refractivity contribution is -0.116. The predicted octanol–water partition coefficient (Wildman–Crippen LogP) is 3.82. The van der Waals surface area contributed by atoms with E-state index in [4.69, 9.17) is 11.6 Å². The van der Waals surface area contributed by atoms with Crippen molar-refractivity contribution in [1.82, 2.24) is 5.32 Å². The third-order valence-electron chi connectivity index (χ3n) is 2.34. The van der Waals surface area contributed by atoms with Gasteiger partial charge in [0.15, 0.2) is 0 Å². The summed E-state index contributed by atoms with van der Waals surface area (Å²) in [7, 11) is 0. The molecule has 1 aromatic rings. The van der Waals surface area contributed by atoms with Crippen molar-refractivity contribution >= 4 is 39.1 Å². The molecular formula is C13H18BrClN2O. The quantitative estimate of drug-likeness (QED) is 0.777. The first kappa shape index (κ1) is 15.5. The molecule has 2 N–H and O–H groups in total. The molecule has 0 unspecified atom stereocenters. The van der Waals surface area contributed by atoms with E-state index in [0.29, 0.717) is 23.2 Å². The Morgan fingerprint density at radius 1 is 1.44 bits per heavy atom. The number of rotatable bonds is 6. The number of carbonyl (C=O) groups excluding carboxylic acids is 1. The van der Waals surface area contributed by atoms with Crippen molar-refractivity contribution in [1.29, 1.82) is 0 Å². The molecule has 1 rings (SSSR count). The molecule has 0 aliphatic heterocycles. The summed E-state index contributed by atoms with van der Waals surface area (Å²) < 4.78 is 0.834. The third kappa shape index (κ3) is 5.85. The molecule has 1 amide bonds. The van der Waals surface area contributed by atoms with Crippen LogP contribution < -0.4 is 10.6 Å². The second kappa shape index (κ2) is 7.77. The number of carbonyl (C=O) groups is 1. The van der Waals surface area contributed by atoms with Crippen LogP contribution in [0.3, 0.4) is 0 Å². The van der Waals surface area contributed by atoms with Crippen LogP contribution in [-0.4, -0.2) is 18.5 Å². The highest BCUT2D eigenvalue weighted by atomic mass is 79.9. The van der Waals surface area contributed by atoms with Crippen LogP contribution in [-0.2, 0) is 4.79 Å². The lowest BCUT2D eigenvalue weighted by Gasteiger charge is -2.09. The second-order valence-corrected chi connectivity index (χ2v) is 5.68. The summed E-state index contributed by atoms with van der Waals surface area (Å²) >= 11 is 9.25. The van der Waals surface area contributed by atoms with Gasteiger partial charge in [-0.25, -0.2) is 0 Å². The summed E-state index contributed by atoms with van der Waals surface area (Å²) in [5.74, 6) is 0.00326. The maximum atomic E-state index is 11.7. The number of hydrogen-bond acceptors (Lipinski definition) is 2. The summed E-state index contributed by atoms with van der Waals surface area (Å²) in [5, 5.41) is 6.72. The molecule has 0 aliphatic rings. The van der Waals surface area contributed by atoms with Crippen LogP contribution in [0.4, 0.5) is 5.69 Å². The van der Waals surface area contributed by atoms with Gasteiger partial charge in [-0.3, -0.25) is 4.79 Å². The van der Waals surface area contributed by atoms with Crippen molar-refractivity contribution in [3.8, 4) is 0 Å². The second-order valence-electron chi connectivity index (χ2n) is 4.38. The number of halogens is 2. The molecule has 0 atom stereocenters. The molecule has 1 aromatic carbocycles. The van der Waals surface area contributed by atoms with Crippen LogP contribution in [0.25, 0.3) is 0 Å². The maximum absolute atomic E-state index is 11.7. The van der Waals surface area contributed by atoms with E-state index in [1.165, 1.54) is 0 Å². The van der Waals surface area contributed by atoms with Gasteiger partial charge in [-0.05, 0) is 47.1 Å². The van der Waals surface area contributed by atoms with Crippen LogP contribution >= 0.6 is 27.5 Å². The highest BCUT2D eigenvalue weighted by Gasteiger charge is 2.06. The van der Waals surface area contributed by atoms with Gasteiger partial charge >= 0.3 is 0 Å². The number of benzene rings is 1. The Morgan fingerprint density at radius 2 is 2.17 bits per heavy atom. The highest BCUT2D eigenvalue weighted by Crippen LogP contribution is 2.25. The van der Waals surface area contributed by atoms with Crippen LogP contribution in [0.2, 0.25) is 5.02 Å². The summed E-state index contributed by atoms with van der Waals surface area (Å²) in [6, 6.07) is 5.78. The average Bonchev–Trinajstić information content (AvgIpc) is 2.29. The zero-order valence-electron chi connectivity index (χ0n) is 10.6. The lowest BCUT2D eigenvalue weighted by Crippen LogP contribution is -2.24. The average molecular weight is 334 g/mol. The molecule has 0 fully saturated rings. The van der Waals surface area contributed by atoms with Crippen molar-refractivity contribution in [2.24, 2.45) is 0 Å². The van der Waals surface area contributed by atoms with E-state index in [-0.39, 0.29) is 5.91 Å². The van der Waals surface area contributed by atoms with Gasteiger partial charge in [0.2, 0.25) is 5.91 Å². The minimum Gasteiger partial charge on any atom is -0.325 e. The van der Waals surface area contributed by atoms with Gasteiger partial charge in [-0.15, -0.1) is 0 Å². The lowest BCUT2D eigenvalue weighted by atomic mass is 10.2. The molecule has 0 aliphatic carbocycles. The minimum atomic E-state index is 0.00326. The Kier molecular flexibility index (Phi) is 6.68. The van der Waals surface area contributed by atoms with E-state index in [1.807, 2.05) is 6.07 Å². The number of anilines is 1. The van der Waals surface area contributed by atoms with Gasteiger partial charge in [0, 0.05) is 22.0 Å². The number of nitrogens with one attached hydrogen (secondary N) is 2. The Balaban J connectivity index is 2.38. The zero-order valence-corrected chi connectivity index (χ0v) is 12.9. The fraction of sp³-hybridized carbons (Fsp3) is 0.462. The molecular weight excluding hydrogens is 316 g/mol. The molecule has 5 heteroatoms. The molecule has 0 bridgehead atoms. The smallest absolute Gasteiger partial charge is 0.224 e. The molecule has 0 heterocycles. The largest absolute Gasteiger partial charge is 0.325 e. The van der Waals surface area contributed by atoms with Crippen molar-refractivity contribution < 1.29 is 4.79 Å². The molecule has 0 radical (unpaired) electrons. The van der Waals surface area contributed by atoms with Crippen molar-refractivity contribution in [2.45, 2.75) is 32.7 Å². The predicted molar refractivity (Wildman–Crippen MR) is 80.2 cm³/mol. The van der Waals surface area contributed by atoms with Crippen LogP contribution in [0.5, 0.6) is 0 Å². The van der Waals surface area contributed by atoms with Crippen LogP contribution in [0.15, 0.2) is 22.7 Å². The standard InChI is InChI=1S/C13H18BrClN2O/c1-9(2)16-7-3-4-13(18)17-12-8-10(15)5-6-11(12)14/h5-6,8-9,16H,3-4,7H2,1-2H3,(H,17,18). The maximum Gasteiger partial charge on any atom is 0.224 e. The van der Waals surface area contributed by atoms with Crippen molar-refractivity contribution in [3.63, 3.8) is 0 Å². The van der Waals surface area contributed by atoms with Gasteiger partial charge in [0.25, 0.3) is 0 Å². The molecule has 0 aromatic heterocycles. The fourth-order valence-electron chi connectivity index (χ4n) is 1.45. The van der Waals surface area contributed by atoms with Crippen molar-refractivity contribution in [2.75, 3.05) is 11.9 Å². The summed E-state index contributed by atoms with van der Waals surface area (Å²) in [5.41, 5.74) is 0.712. The molecule has 0 saturated carbocycles. The fourth-order valence-corrected chi connectivity index (χ4v) is 1.96. The Hall–Kier alpha value is -0.580. The first-order chi connectivity index (χ1) is 8.49. The monoisotopic (exact) mass is 332 g/mol. The van der Waals surface area contributed by atoms with Crippen LogP contribution in [0, 0.1) is 0 Å². The van der Waals surface area contributed by atoms with Gasteiger partial charge < -0.3 is 10.6 Å². The molecule has 0 spiro atoms. The zero-order chi connectivity index (χ0) is 13.5. The normalized spacial score (nSPS) is 10.7. The van der Waals surface area contributed by atoms with Crippen LogP contribution in [0.1, 0.15) is 26.7 Å². The van der Waals surface area contributed by atoms with E-state index < -0.39 is 0 Å². The van der Waals surface area contributed by atoms with E-state index >= 15 is 0 Å². The van der Waals surface area contributed by atoms with Gasteiger partial charge in [-0.1, -0.05) is 25.4 Å². The number of amides is 1. The van der Waals surface area contributed by atoms with Gasteiger partial charge in [-0.2, -0.15) is 0 Å². The first-order valence-corrected chi connectivity index (χ1v) is 7.14. The highest BCUT2D eigenvalue weighted by molar-refractivity contribution is 9.10. The molecule has 100 valence electrons. The molecule has 3 nitrogen and oxygen atoms in total. The Labute approximate surface area is 121 Å². The van der Waals surface area contributed by atoms with E-state index in [0.717, 1.165) is 17.4 Å². The van der Waals surface area contributed by atoms with E-state index in [1.54, 1.807) is 12.1 Å². The summed E-state index contributed by atoms with van der Waals surface area (Å²) in [6.07, 6.45) is 1.32. The van der Waals surface area contributed by atoms with Gasteiger partial charge in [0.05, 0.1) is 5.69 Å². The summed E-state index contributed by atoms with van der Waals surface area (Å²) in [6.45, 7) is 5.02. The topological polar surface area (TPSA) is 41.1 Å². The molecule has 0 saturated heterocycles. The van der Waals surface area contributed by atoms with Crippen molar-refractivity contribution in [3.05, 3.63) is 27.7 Å². The minimum absolute atomic E-state index is 0.00326. The summed E-state index contributed by atoms with van der Waals surface area (Å²) in [4.78, 5) is 11.7. The first-order valence-electron chi connectivity index (χ1n) is 5.97. The Morgan fingerprint density at radius 3 is 2.83 bits per heavy atom. The SMILES string of the molecule is CC(C)NCCCC(=O)Nc1cc(Cl)ccc1Br. The van der Waals surface area contributed by atoms with Gasteiger partial charge in [0.1, 0.15) is 0 Å². The van der Waals surface area contributed by atoms with E-state index in [2.05, 4.69) is 40.4 Å². The van der Waals surface area contributed by atoms with E-state index in [9.17, 15) is 4.79 Å². The third-order valence-corrected chi connectivity index (χ3v) is 3.26. The molecule has 18 heavy (non-hydrogen) atoms. The number of hydrogen-bond donors (Lipinski definition) is 2. The Bertz CT molecular complexity index is 410.